The van der Waals surface area contributed by atoms with E-state index in [1.54, 1.807) is 0 Å². The molecule has 14 heavy (non-hydrogen) atoms. The number of rotatable bonds is 4. The van der Waals surface area contributed by atoms with Crippen LogP contribution in [0.15, 0.2) is 0 Å². The minimum absolute atomic E-state index is 0.160. The maximum Gasteiger partial charge on any atom is 0.306 e. The van der Waals surface area contributed by atoms with Crippen LogP contribution in [-0.4, -0.2) is 71.9 Å². The molecule has 5 nitrogen and oxygen atoms in total. The Hall–Kier alpha value is -0.650. The van der Waals surface area contributed by atoms with E-state index in [9.17, 15) is 9.90 Å². The van der Waals surface area contributed by atoms with Crippen molar-refractivity contribution in [3.63, 3.8) is 0 Å². The second-order valence-corrected chi connectivity index (χ2v) is 3.86. The zero-order chi connectivity index (χ0) is 10.6. The summed E-state index contributed by atoms with van der Waals surface area (Å²) in [5.74, 6) is -0.938. The fourth-order valence-corrected chi connectivity index (χ4v) is 1.59. The molecule has 0 spiro atoms. The van der Waals surface area contributed by atoms with E-state index >= 15 is 0 Å². The lowest BCUT2D eigenvalue weighted by atomic mass is 10.2. The Bertz CT molecular complexity index is 190. The molecular formula is C9H18N2O3. The first-order valence-electron chi connectivity index (χ1n) is 4.88. The predicted octanol–water partition coefficient (Wildman–Crippen LogP) is -0.931. The summed E-state index contributed by atoms with van der Waals surface area (Å²) in [6.45, 7) is 4.26. The van der Waals surface area contributed by atoms with E-state index in [1.165, 1.54) is 0 Å². The van der Waals surface area contributed by atoms with Gasteiger partial charge in [-0.2, -0.15) is 0 Å². The minimum atomic E-state index is -0.938. The average Bonchev–Trinajstić information content (AvgIpc) is 2.07. The van der Waals surface area contributed by atoms with Gasteiger partial charge in [-0.1, -0.05) is 0 Å². The molecule has 0 aromatic carbocycles. The molecule has 1 aliphatic rings. The van der Waals surface area contributed by atoms with Crippen molar-refractivity contribution in [1.29, 1.82) is 0 Å². The van der Waals surface area contributed by atoms with Gasteiger partial charge in [-0.15, -0.1) is 0 Å². The first-order chi connectivity index (χ1) is 6.58. The summed E-state index contributed by atoms with van der Waals surface area (Å²) in [6.07, 6.45) is -0.900. The van der Waals surface area contributed by atoms with Crippen molar-refractivity contribution in [2.24, 2.45) is 0 Å². The molecule has 0 bridgehead atoms. The number of β-amino-alcohol motifs (C(OH)–C–C–N with tert-alkyl or cyclic N) is 1. The summed E-state index contributed by atoms with van der Waals surface area (Å²) in [6, 6.07) is 0. The van der Waals surface area contributed by atoms with Crippen LogP contribution in [0.2, 0.25) is 0 Å². The highest BCUT2D eigenvalue weighted by Crippen LogP contribution is 2.02. The van der Waals surface area contributed by atoms with E-state index in [0.29, 0.717) is 6.54 Å². The maximum atomic E-state index is 10.3. The van der Waals surface area contributed by atoms with Crippen LogP contribution in [0.4, 0.5) is 0 Å². The summed E-state index contributed by atoms with van der Waals surface area (Å²) in [4.78, 5) is 14.6. The minimum Gasteiger partial charge on any atom is -0.481 e. The fraction of sp³-hybridized carbons (Fsp3) is 0.889. The highest BCUT2D eigenvalue weighted by molar-refractivity contribution is 5.67. The zero-order valence-electron chi connectivity index (χ0n) is 8.52. The van der Waals surface area contributed by atoms with E-state index < -0.39 is 12.1 Å². The maximum absolute atomic E-state index is 10.3. The number of aliphatic hydroxyl groups is 1. The van der Waals surface area contributed by atoms with Crippen molar-refractivity contribution in [2.75, 3.05) is 39.8 Å². The number of nitrogens with zero attached hydrogens (tertiary/aromatic N) is 2. The Morgan fingerprint density at radius 1 is 1.36 bits per heavy atom. The largest absolute Gasteiger partial charge is 0.481 e. The van der Waals surface area contributed by atoms with Crippen molar-refractivity contribution < 1.29 is 15.0 Å². The van der Waals surface area contributed by atoms with Crippen molar-refractivity contribution >= 4 is 5.97 Å². The Labute approximate surface area is 83.9 Å². The van der Waals surface area contributed by atoms with Crippen LogP contribution < -0.4 is 0 Å². The summed E-state index contributed by atoms with van der Waals surface area (Å²) in [7, 11) is 2.06. The number of carbonyl (C=O) groups is 1. The quantitative estimate of drug-likeness (QED) is 0.616. The van der Waals surface area contributed by atoms with Gasteiger partial charge in [-0.3, -0.25) is 9.69 Å². The molecule has 2 N–H and O–H groups in total. The molecule has 1 aliphatic heterocycles. The molecule has 1 atom stereocenters. The molecule has 1 heterocycles. The molecule has 5 heteroatoms. The van der Waals surface area contributed by atoms with E-state index in [2.05, 4.69) is 16.8 Å². The third-order valence-corrected chi connectivity index (χ3v) is 2.48. The molecule has 0 aromatic rings. The van der Waals surface area contributed by atoms with E-state index in [0.717, 1.165) is 26.2 Å². The molecular weight excluding hydrogens is 184 g/mol. The number of carboxylic acid groups (broad SMARTS) is 1. The average molecular weight is 202 g/mol. The van der Waals surface area contributed by atoms with Crippen LogP contribution in [0, 0.1) is 0 Å². The van der Waals surface area contributed by atoms with Crippen LogP contribution in [0.5, 0.6) is 0 Å². The number of piperazine rings is 1. The standard InChI is InChI=1S/C9H18N2O3/c1-10-2-4-11(5-3-10)7-8(12)6-9(13)14/h8,12H,2-7H2,1H3,(H,13,14). The number of hydrogen-bond donors (Lipinski definition) is 2. The highest BCUT2D eigenvalue weighted by atomic mass is 16.4. The first-order valence-corrected chi connectivity index (χ1v) is 4.88. The van der Waals surface area contributed by atoms with Crippen molar-refractivity contribution in [3.05, 3.63) is 0 Å². The molecule has 1 saturated heterocycles. The number of aliphatic hydroxyl groups excluding tert-OH is 1. The number of carboxylic acids is 1. The summed E-state index contributed by atoms with van der Waals surface area (Å²) in [5, 5.41) is 17.9. The molecule has 1 unspecified atom stereocenters. The monoisotopic (exact) mass is 202 g/mol. The molecule has 0 radical (unpaired) electrons. The lowest BCUT2D eigenvalue weighted by Crippen LogP contribution is -2.47. The zero-order valence-corrected chi connectivity index (χ0v) is 8.52. The second-order valence-electron chi connectivity index (χ2n) is 3.86. The second kappa shape index (κ2) is 5.29. The van der Waals surface area contributed by atoms with Crippen LogP contribution in [0.25, 0.3) is 0 Å². The number of aliphatic carboxylic acids is 1. The molecule has 0 aliphatic carbocycles. The van der Waals surface area contributed by atoms with Crippen LogP contribution >= 0.6 is 0 Å². The Morgan fingerprint density at radius 2 is 1.93 bits per heavy atom. The first kappa shape index (κ1) is 11.4. The topological polar surface area (TPSA) is 64.0 Å². The normalized spacial score (nSPS) is 22.1. The molecule has 0 amide bonds. The SMILES string of the molecule is CN1CCN(CC(O)CC(=O)O)CC1. The van der Waals surface area contributed by atoms with Crippen LogP contribution in [0.3, 0.4) is 0 Å². The van der Waals surface area contributed by atoms with E-state index in [-0.39, 0.29) is 6.42 Å². The van der Waals surface area contributed by atoms with Gasteiger partial charge in [-0.05, 0) is 7.05 Å². The van der Waals surface area contributed by atoms with Crippen molar-refractivity contribution in [3.8, 4) is 0 Å². The lowest BCUT2D eigenvalue weighted by molar-refractivity contribution is -0.139. The van der Waals surface area contributed by atoms with Gasteiger partial charge in [0.15, 0.2) is 0 Å². The Balaban J connectivity index is 2.20. The van der Waals surface area contributed by atoms with Gasteiger partial charge in [0.05, 0.1) is 12.5 Å². The van der Waals surface area contributed by atoms with Gasteiger partial charge in [0, 0.05) is 32.7 Å². The number of likely N-dealkylation sites (N-methyl/N-ethyl adjacent to an activating group) is 1. The van der Waals surface area contributed by atoms with Crippen molar-refractivity contribution in [2.45, 2.75) is 12.5 Å². The Morgan fingerprint density at radius 3 is 2.43 bits per heavy atom. The molecule has 0 aromatic heterocycles. The smallest absolute Gasteiger partial charge is 0.306 e. The van der Waals surface area contributed by atoms with Crippen molar-refractivity contribution in [1.82, 2.24) is 9.80 Å². The summed E-state index contributed by atoms with van der Waals surface area (Å²) in [5.41, 5.74) is 0. The van der Waals surface area contributed by atoms with E-state index in [4.69, 9.17) is 5.11 Å². The third-order valence-electron chi connectivity index (χ3n) is 2.48. The summed E-state index contributed by atoms with van der Waals surface area (Å²) >= 11 is 0. The van der Waals surface area contributed by atoms with Gasteiger partial charge in [0.1, 0.15) is 0 Å². The van der Waals surface area contributed by atoms with E-state index in [1.807, 2.05) is 0 Å². The lowest BCUT2D eigenvalue weighted by Gasteiger charge is -2.33. The fourth-order valence-electron chi connectivity index (χ4n) is 1.59. The van der Waals surface area contributed by atoms with Gasteiger partial charge < -0.3 is 15.1 Å². The molecule has 0 saturated carbocycles. The molecule has 82 valence electrons. The predicted molar refractivity (Wildman–Crippen MR) is 52.2 cm³/mol. The molecule has 1 rings (SSSR count). The summed E-state index contributed by atoms with van der Waals surface area (Å²) < 4.78 is 0. The molecule has 1 fully saturated rings. The third kappa shape index (κ3) is 4.04. The van der Waals surface area contributed by atoms with Gasteiger partial charge >= 0.3 is 5.97 Å². The number of hydrogen-bond acceptors (Lipinski definition) is 4. The Kier molecular flexibility index (Phi) is 4.31. The highest BCUT2D eigenvalue weighted by Gasteiger charge is 2.18. The van der Waals surface area contributed by atoms with Crippen LogP contribution in [0.1, 0.15) is 6.42 Å². The van der Waals surface area contributed by atoms with Gasteiger partial charge in [0.2, 0.25) is 0 Å². The van der Waals surface area contributed by atoms with Gasteiger partial charge in [-0.25, -0.2) is 0 Å². The van der Waals surface area contributed by atoms with Gasteiger partial charge in [0.25, 0.3) is 0 Å². The van der Waals surface area contributed by atoms with Crippen LogP contribution in [-0.2, 0) is 4.79 Å².